The Hall–Kier alpha value is -2.14. The van der Waals surface area contributed by atoms with E-state index < -0.39 is 0 Å². The number of aryl methyl sites for hydroxylation is 1. The Morgan fingerprint density at radius 2 is 2.21 bits per heavy atom. The second-order valence-electron chi connectivity index (χ2n) is 3.87. The van der Waals surface area contributed by atoms with Crippen molar-refractivity contribution in [1.82, 2.24) is 9.97 Å². The zero-order valence-electron chi connectivity index (χ0n) is 10.5. The first-order chi connectivity index (χ1) is 9.10. The van der Waals surface area contributed by atoms with Crippen molar-refractivity contribution in [1.29, 1.82) is 0 Å². The molecule has 5 nitrogen and oxygen atoms in total. The Kier molecular flexibility index (Phi) is 3.97. The third-order valence-electron chi connectivity index (χ3n) is 2.49. The highest BCUT2D eigenvalue weighted by Crippen LogP contribution is 2.20. The first-order valence-electron chi connectivity index (χ1n) is 5.54. The first-order valence-corrected chi connectivity index (χ1v) is 5.92. The molecule has 0 atom stereocenters. The summed E-state index contributed by atoms with van der Waals surface area (Å²) in [6, 6.07) is 6.94. The predicted molar refractivity (Wildman–Crippen MR) is 72.8 cm³/mol. The van der Waals surface area contributed by atoms with Gasteiger partial charge in [-0.05, 0) is 36.7 Å². The molecular weight excluding hydrogens is 266 g/mol. The highest BCUT2D eigenvalue weighted by atomic mass is 35.5. The monoisotopic (exact) mass is 277 g/mol. The Labute approximate surface area is 115 Å². The molecule has 0 bridgehead atoms. The minimum absolute atomic E-state index is 0.164. The van der Waals surface area contributed by atoms with Gasteiger partial charge in [0.1, 0.15) is 5.82 Å². The number of hydrogen-bond acceptors (Lipinski definition) is 5. The molecule has 0 fully saturated rings. The first kappa shape index (κ1) is 13.3. The summed E-state index contributed by atoms with van der Waals surface area (Å²) in [6.07, 6.45) is 1.63. The van der Waals surface area contributed by atoms with Gasteiger partial charge in [-0.25, -0.2) is 14.8 Å². The summed E-state index contributed by atoms with van der Waals surface area (Å²) in [6.45, 7) is 1.86. The lowest BCUT2D eigenvalue weighted by atomic mass is 10.2. The van der Waals surface area contributed by atoms with Gasteiger partial charge in [0.15, 0.2) is 0 Å². The molecule has 0 aliphatic heterocycles. The highest BCUT2D eigenvalue weighted by molar-refractivity contribution is 6.28. The van der Waals surface area contributed by atoms with Crippen LogP contribution in [0.1, 0.15) is 15.9 Å². The molecule has 2 aromatic rings. The molecule has 0 amide bonds. The summed E-state index contributed by atoms with van der Waals surface area (Å²) >= 11 is 5.75. The number of carbonyl (C=O) groups is 1. The summed E-state index contributed by atoms with van der Waals surface area (Å²) in [5.74, 6) is 0.211. The van der Waals surface area contributed by atoms with Gasteiger partial charge in [0, 0.05) is 17.4 Å². The van der Waals surface area contributed by atoms with Crippen LogP contribution in [0, 0.1) is 6.92 Å². The van der Waals surface area contributed by atoms with Crippen LogP contribution in [-0.2, 0) is 4.74 Å². The molecule has 0 unspecified atom stereocenters. The van der Waals surface area contributed by atoms with Gasteiger partial charge >= 0.3 is 5.97 Å². The minimum Gasteiger partial charge on any atom is -0.465 e. The number of ether oxygens (including phenoxy) is 1. The summed E-state index contributed by atoms with van der Waals surface area (Å²) in [5.41, 5.74) is 2.04. The van der Waals surface area contributed by atoms with Gasteiger partial charge in [-0.3, -0.25) is 0 Å². The summed E-state index contributed by atoms with van der Waals surface area (Å²) in [5, 5.41) is 3.25. The molecule has 0 saturated carbocycles. The number of anilines is 2. The largest absolute Gasteiger partial charge is 0.465 e. The van der Waals surface area contributed by atoms with Crippen LogP contribution >= 0.6 is 11.6 Å². The van der Waals surface area contributed by atoms with Crippen molar-refractivity contribution in [2.24, 2.45) is 0 Å². The maximum absolute atomic E-state index is 11.4. The second kappa shape index (κ2) is 5.67. The number of rotatable bonds is 3. The molecule has 6 heteroatoms. The predicted octanol–water partition coefficient (Wildman–Crippen LogP) is 2.97. The fourth-order valence-electron chi connectivity index (χ4n) is 1.53. The molecule has 1 heterocycles. The van der Waals surface area contributed by atoms with Gasteiger partial charge in [-0.15, -0.1) is 0 Å². The van der Waals surface area contributed by atoms with E-state index in [0.717, 1.165) is 11.3 Å². The van der Waals surface area contributed by atoms with Crippen molar-refractivity contribution in [2.45, 2.75) is 6.92 Å². The van der Waals surface area contributed by atoms with Gasteiger partial charge in [0.05, 0.1) is 12.7 Å². The second-order valence-corrected chi connectivity index (χ2v) is 4.21. The van der Waals surface area contributed by atoms with E-state index in [2.05, 4.69) is 20.0 Å². The molecule has 0 saturated heterocycles. The molecule has 0 aliphatic carbocycles. The molecule has 19 heavy (non-hydrogen) atoms. The van der Waals surface area contributed by atoms with Crippen LogP contribution in [0.2, 0.25) is 5.28 Å². The van der Waals surface area contributed by atoms with Crippen molar-refractivity contribution >= 4 is 29.1 Å². The van der Waals surface area contributed by atoms with Gasteiger partial charge in [-0.1, -0.05) is 6.07 Å². The number of methoxy groups -OCH3 is 1. The van der Waals surface area contributed by atoms with E-state index in [-0.39, 0.29) is 11.3 Å². The van der Waals surface area contributed by atoms with Crippen molar-refractivity contribution in [2.75, 3.05) is 12.4 Å². The van der Waals surface area contributed by atoms with Crippen molar-refractivity contribution in [3.05, 3.63) is 46.9 Å². The van der Waals surface area contributed by atoms with Crippen LogP contribution in [0.25, 0.3) is 0 Å². The van der Waals surface area contributed by atoms with Crippen LogP contribution in [0.5, 0.6) is 0 Å². The third-order valence-corrected chi connectivity index (χ3v) is 2.67. The Morgan fingerprint density at radius 1 is 1.42 bits per heavy atom. The number of esters is 1. The van der Waals surface area contributed by atoms with E-state index in [1.165, 1.54) is 7.11 Å². The molecule has 2 rings (SSSR count). The molecule has 1 N–H and O–H groups in total. The van der Waals surface area contributed by atoms with Crippen LogP contribution in [-0.4, -0.2) is 23.0 Å². The lowest BCUT2D eigenvalue weighted by molar-refractivity contribution is 0.0601. The lowest BCUT2D eigenvalue weighted by Crippen LogP contribution is -2.03. The standard InChI is InChI=1S/C13H12ClN3O2/c1-8-7-15-13(14)17-11(8)16-10-5-3-4-9(6-10)12(18)19-2/h3-7H,1-2H3,(H,15,16,17). The molecule has 1 aromatic carbocycles. The SMILES string of the molecule is COC(=O)c1cccc(Nc2nc(Cl)ncc2C)c1. The average Bonchev–Trinajstić information content (AvgIpc) is 2.42. The van der Waals surface area contributed by atoms with Gasteiger partial charge < -0.3 is 10.1 Å². The lowest BCUT2D eigenvalue weighted by Gasteiger charge is -2.09. The average molecular weight is 278 g/mol. The summed E-state index contributed by atoms with van der Waals surface area (Å²) in [4.78, 5) is 19.4. The van der Waals surface area contributed by atoms with Crippen LogP contribution in [0.15, 0.2) is 30.5 Å². The molecule has 98 valence electrons. The molecule has 1 aromatic heterocycles. The number of nitrogens with one attached hydrogen (secondary N) is 1. The van der Waals surface area contributed by atoms with Gasteiger partial charge in [0.25, 0.3) is 0 Å². The quantitative estimate of drug-likeness (QED) is 0.690. The number of carbonyl (C=O) groups excluding carboxylic acids is 1. The van der Waals surface area contributed by atoms with E-state index in [0.29, 0.717) is 11.4 Å². The minimum atomic E-state index is -0.388. The maximum Gasteiger partial charge on any atom is 0.337 e. The molecule has 0 spiro atoms. The molecular formula is C13H12ClN3O2. The number of nitrogens with zero attached hydrogens (tertiary/aromatic N) is 2. The smallest absolute Gasteiger partial charge is 0.337 e. The highest BCUT2D eigenvalue weighted by Gasteiger charge is 2.07. The zero-order valence-corrected chi connectivity index (χ0v) is 11.2. The maximum atomic E-state index is 11.4. The Morgan fingerprint density at radius 3 is 2.95 bits per heavy atom. The number of halogens is 1. The van der Waals surface area contributed by atoms with Crippen molar-refractivity contribution in [3.63, 3.8) is 0 Å². The van der Waals surface area contributed by atoms with E-state index in [9.17, 15) is 4.79 Å². The van der Waals surface area contributed by atoms with Crippen LogP contribution in [0.4, 0.5) is 11.5 Å². The summed E-state index contributed by atoms with van der Waals surface area (Å²) in [7, 11) is 1.34. The van der Waals surface area contributed by atoms with E-state index in [1.807, 2.05) is 13.0 Å². The Balaban J connectivity index is 2.28. The van der Waals surface area contributed by atoms with Crippen LogP contribution < -0.4 is 5.32 Å². The van der Waals surface area contributed by atoms with Crippen molar-refractivity contribution in [3.8, 4) is 0 Å². The van der Waals surface area contributed by atoms with E-state index in [1.54, 1.807) is 24.4 Å². The molecule has 0 radical (unpaired) electrons. The van der Waals surface area contributed by atoms with Crippen LogP contribution in [0.3, 0.4) is 0 Å². The van der Waals surface area contributed by atoms with E-state index >= 15 is 0 Å². The van der Waals surface area contributed by atoms with Gasteiger partial charge in [0.2, 0.25) is 5.28 Å². The number of hydrogen-bond donors (Lipinski definition) is 1. The fraction of sp³-hybridized carbons (Fsp3) is 0.154. The van der Waals surface area contributed by atoms with Gasteiger partial charge in [-0.2, -0.15) is 0 Å². The zero-order chi connectivity index (χ0) is 13.8. The molecule has 0 aliphatic rings. The topological polar surface area (TPSA) is 64.1 Å². The van der Waals surface area contributed by atoms with E-state index in [4.69, 9.17) is 11.6 Å². The number of benzene rings is 1. The van der Waals surface area contributed by atoms with Crippen molar-refractivity contribution < 1.29 is 9.53 Å². The summed E-state index contributed by atoms with van der Waals surface area (Å²) < 4.78 is 4.67. The third kappa shape index (κ3) is 3.20. The normalized spacial score (nSPS) is 10.1. The number of aromatic nitrogens is 2. The fourth-order valence-corrected chi connectivity index (χ4v) is 1.66. The Bertz CT molecular complexity index is 617.